The van der Waals surface area contributed by atoms with Crippen molar-refractivity contribution in [3.8, 4) is 0 Å². The predicted molar refractivity (Wildman–Crippen MR) is 58.7 cm³/mol. The van der Waals surface area contributed by atoms with Crippen molar-refractivity contribution in [2.24, 2.45) is 5.92 Å². The van der Waals surface area contributed by atoms with E-state index in [2.05, 4.69) is 49.6 Å². The van der Waals surface area contributed by atoms with Crippen molar-refractivity contribution in [1.82, 2.24) is 4.90 Å². The summed E-state index contributed by atoms with van der Waals surface area (Å²) in [5, 5.41) is 0. The quantitative estimate of drug-likeness (QED) is 0.583. The van der Waals surface area contributed by atoms with Crippen molar-refractivity contribution < 1.29 is 0 Å². The Morgan fingerprint density at radius 2 is 1.77 bits per heavy atom. The van der Waals surface area contributed by atoms with Gasteiger partial charge in [-0.2, -0.15) is 0 Å². The van der Waals surface area contributed by atoms with Crippen molar-refractivity contribution >= 4 is 0 Å². The maximum absolute atomic E-state index is 4.13. The summed E-state index contributed by atoms with van der Waals surface area (Å²) < 4.78 is 0. The number of rotatable bonds is 5. The average Bonchev–Trinajstić information content (AvgIpc) is 2.66. The molecule has 0 saturated carbocycles. The van der Waals surface area contributed by atoms with Gasteiger partial charge in [0.25, 0.3) is 0 Å². The number of likely N-dealkylation sites (N-methyl/N-ethyl adjacent to an activating group) is 1. The number of hydrogen-bond acceptors (Lipinski definition) is 1. The molecule has 0 bridgehead atoms. The molecule has 0 atom stereocenters. The van der Waals surface area contributed by atoms with Crippen LogP contribution in [0.15, 0.2) is 36.5 Å². The molecule has 0 amide bonds. The van der Waals surface area contributed by atoms with Gasteiger partial charge in [-0.05, 0) is 13.1 Å². The topological polar surface area (TPSA) is 3.24 Å². The fourth-order valence-corrected chi connectivity index (χ4v) is 1.54. The Hall–Kier alpha value is -0.820. The Morgan fingerprint density at radius 3 is 2.23 bits per heavy atom. The van der Waals surface area contributed by atoms with Gasteiger partial charge < -0.3 is 0 Å². The van der Waals surface area contributed by atoms with E-state index in [1.54, 1.807) is 0 Å². The van der Waals surface area contributed by atoms with Gasteiger partial charge in [-0.3, -0.25) is 4.90 Å². The Bertz CT molecular complexity index is 209. The van der Waals surface area contributed by atoms with Crippen LogP contribution in [-0.2, 0) is 0 Å². The monoisotopic (exact) mass is 177 g/mol. The van der Waals surface area contributed by atoms with Crippen LogP contribution < -0.4 is 0 Å². The predicted octanol–water partition coefficient (Wildman–Crippen LogP) is 2.63. The van der Waals surface area contributed by atoms with Crippen LogP contribution in [0.4, 0.5) is 0 Å². The van der Waals surface area contributed by atoms with E-state index in [9.17, 15) is 0 Å². The zero-order valence-electron chi connectivity index (χ0n) is 8.66. The minimum atomic E-state index is 0.473. The highest BCUT2D eigenvalue weighted by Crippen LogP contribution is 2.18. The molecule has 0 fully saturated rings. The largest absolute Gasteiger partial charge is 0.300 e. The molecule has 1 heteroatoms. The van der Waals surface area contributed by atoms with E-state index in [1.165, 1.54) is 5.57 Å². The van der Waals surface area contributed by atoms with E-state index in [0.717, 1.165) is 19.6 Å². The lowest BCUT2D eigenvalue weighted by atomic mass is 10.0. The molecule has 0 saturated heterocycles. The molecule has 72 valence electrons. The minimum absolute atomic E-state index is 0.473. The van der Waals surface area contributed by atoms with Gasteiger partial charge in [-0.1, -0.05) is 50.3 Å². The molecule has 0 heterocycles. The Morgan fingerprint density at radius 1 is 1.23 bits per heavy atom. The molecule has 1 aliphatic rings. The van der Waals surface area contributed by atoms with Crippen LogP contribution in [0.1, 0.15) is 13.8 Å². The van der Waals surface area contributed by atoms with Crippen LogP contribution >= 0.6 is 0 Å². The molecule has 13 heavy (non-hydrogen) atoms. The third-order valence-corrected chi connectivity index (χ3v) is 2.54. The van der Waals surface area contributed by atoms with Gasteiger partial charge in [0.15, 0.2) is 0 Å². The number of allylic oxidation sites excluding steroid dienone is 4. The lowest BCUT2D eigenvalue weighted by Gasteiger charge is -2.21. The number of nitrogens with zero attached hydrogens (tertiary/aromatic N) is 1. The van der Waals surface area contributed by atoms with E-state index >= 15 is 0 Å². The Balaban J connectivity index is 2.40. The zero-order chi connectivity index (χ0) is 9.68. The smallest absolute Gasteiger partial charge is 0.0199 e. The van der Waals surface area contributed by atoms with Crippen LogP contribution in [0.3, 0.4) is 0 Å². The van der Waals surface area contributed by atoms with Crippen LogP contribution in [0.25, 0.3) is 0 Å². The SMILES string of the molecule is C=C(CN(CC)CC)C1C=CC=C1. The highest BCUT2D eigenvalue weighted by atomic mass is 15.1. The molecule has 0 radical (unpaired) electrons. The van der Waals surface area contributed by atoms with Crippen LogP contribution in [0, 0.1) is 5.92 Å². The summed E-state index contributed by atoms with van der Waals surface area (Å²) in [7, 11) is 0. The van der Waals surface area contributed by atoms with Gasteiger partial charge in [0.05, 0.1) is 0 Å². The molecule has 0 aromatic heterocycles. The molecule has 1 aliphatic carbocycles. The second kappa shape index (κ2) is 5.03. The molecule has 0 aromatic rings. The van der Waals surface area contributed by atoms with Gasteiger partial charge in [0.2, 0.25) is 0 Å². The second-order valence-electron chi connectivity index (χ2n) is 3.42. The van der Waals surface area contributed by atoms with Crippen molar-refractivity contribution in [3.63, 3.8) is 0 Å². The summed E-state index contributed by atoms with van der Waals surface area (Å²) >= 11 is 0. The fraction of sp³-hybridized carbons (Fsp3) is 0.500. The first-order valence-electron chi connectivity index (χ1n) is 5.03. The third kappa shape index (κ3) is 2.85. The lowest BCUT2D eigenvalue weighted by Crippen LogP contribution is -2.26. The standard InChI is InChI=1S/C12H19N/c1-4-13(5-2)10-11(3)12-8-6-7-9-12/h6-9,12H,3-5,10H2,1-2H3. The Labute approximate surface area is 81.4 Å². The number of hydrogen-bond donors (Lipinski definition) is 0. The highest BCUT2D eigenvalue weighted by Gasteiger charge is 2.10. The van der Waals surface area contributed by atoms with Crippen LogP contribution in [0.2, 0.25) is 0 Å². The van der Waals surface area contributed by atoms with Gasteiger partial charge >= 0.3 is 0 Å². The van der Waals surface area contributed by atoms with Crippen LogP contribution in [0.5, 0.6) is 0 Å². The molecule has 0 spiro atoms. The van der Waals surface area contributed by atoms with Crippen molar-refractivity contribution in [2.75, 3.05) is 19.6 Å². The summed E-state index contributed by atoms with van der Waals surface area (Å²) in [6, 6.07) is 0. The second-order valence-corrected chi connectivity index (χ2v) is 3.42. The molecule has 0 aliphatic heterocycles. The van der Waals surface area contributed by atoms with Crippen molar-refractivity contribution in [2.45, 2.75) is 13.8 Å². The molecule has 0 unspecified atom stereocenters. The highest BCUT2D eigenvalue weighted by molar-refractivity contribution is 5.27. The summed E-state index contributed by atoms with van der Waals surface area (Å²) in [6.45, 7) is 11.7. The van der Waals surface area contributed by atoms with Crippen molar-refractivity contribution in [1.29, 1.82) is 0 Å². The van der Waals surface area contributed by atoms with Gasteiger partial charge in [-0.15, -0.1) is 0 Å². The molecule has 1 rings (SSSR count). The van der Waals surface area contributed by atoms with E-state index in [-0.39, 0.29) is 0 Å². The summed E-state index contributed by atoms with van der Waals surface area (Å²) in [6.07, 6.45) is 8.59. The molecular weight excluding hydrogens is 158 g/mol. The summed E-state index contributed by atoms with van der Waals surface area (Å²) in [5.74, 6) is 0.473. The normalized spacial score (nSPS) is 15.9. The summed E-state index contributed by atoms with van der Waals surface area (Å²) in [5.41, 5.74) is 1.30. The first-order chi connectivity index (χ1) is 6.27. The van der Waals surface area contributed by atoms with Crippen molar-refractivity contribution in [3.05, 3.63) is 36.5 Å². The Kier molecular flexibility index (Phi) is 3.97. The molecule has 1 nitrogen and oxygen atoms in total. The van der Waals surface area contributed by atoms with E-state index in [0.29, 0.717) is 5.92 Å². The molecule has 0 N–H and O–H groups in total. The van der Waals surface area contributed by atoms with E-state index < -0.39 is 0 Å². The van der Waals surface area contributed by atoms with Gasteiger partial charge in [0.1, 0.15) is 0 Å². The fourth-order valence-electron chi connectivity index (χ4n) is 1.54. The minimum Gasteiger partial charge on any atom is -0.300 e. The first-order valence-corrected chi connectivity index (χ1v) is 5.03. The van der Waals surface area contributed by atoms with E-state index in [1.807, 2.05) is 0 Å². The van der Waals surface area contributed by atoms with Crippen LogP contribution in [-0.4, -0.2) is 24.5 Å². The molecule has 0 aromatic carbocycles. The maximum atomic E-state index is 4.13. The average molecular weight is 177 g/mol. The van der Waals surface area contributed by atoms with E-state index in [4.69, 9.17) is 0 Å². The third-order valence-electron chi connectivity index (χ3n) is 2.54. The zero-order valence-corrected chi connectivity index (χ0v) is 8.66. The lowest BCUT2D eigenvalue weighted by molar-refractivity contribution is 0.325. The maximum Gasteiger partial charge on any atom is 0.0199 e. The first kappa shape index (κ1) is 10.3. The summed E-state index contributed by atoms with van der Waals surface area (Å²) in [4.78, 5) is 2.39. The molecular formula is C12H19N. The van der Waals surface area contributed by atoms with Gasteiger partial charge in [0, 0.05) is 12.5 Å². The van der Waals surface area contributed by atoms with Gasteiger partial charge in [-0.25, -0.2) is 0 Å².